The summed E-state index contributed by atoms with van der Waals surface area (Å²) >= 11 is 3.14. The van der Waals surface area contributed by atoms with Crippen molar-refractivity contribution in [3.05, 3.63) is 29.3 Å². The molecule has 0 spiro atoms. The van der Waals surface area contributed by atoms with Gasteiger partial charge in [0.25, 0.3) is 0 Å². The number of nitrogens with zero attached hydrogens (tertiary/aromatic N) is 1. The predicted molar refractivity (Wildman–Crippen MR) is 83.9 cm³/mol. The normalized spacial score (nSPS) is 15.6. The summed E-state index contributed by atoms with van der Waals surface area (Å²) in [6, 6.07) is 5.15. The van der Waals surface area contributed by atoms with Gasteiger partial charge in [-0.15, -0.1) is 0 Å². The van der Waals surface area contributed by atoms with Crippen LogP contribution in [0.5, 0.6) is 0 Å². The summed E-state index contributed by atoms with van der Waals surface area (Å²) in [5.74, 6) is 0.551. The van der Waals surface area contributed by atoms with Gasteiger partial charge in [-0.3, -0.25) is 0 Å². The van der Waals surface area contributed by atoms with Crippen LogP contribution in [0.2, 0.25) is 0 Å². The molecule has 0 heterocycles. The Bertz CT molecular complexity index is 481. The van der Waals surface area contributed by atoms with Crippen LogP contribution in [0.1, 0.15) is 44.2 Å². The van der Waals surface area contributed by atoms with Crippen LogP contribution in [0, 0.1) is 5.92 Å². The first kappa shape index (κ1) is 16.7. The summed E-state index contributed by atoms with van der Waals surface area (Å²) in [5.41, 5.74) is 0.480. The standard InChI is InChI=1S/C16H21BrF3N/c1-11(2)7-8-21(13-5-6-13)14-4-3-12(10-17)15(9-14)16(18,19)20/h3-4,9,11,13H,5-8,10H2,1-2H3. The maximum atomic E-state index is 13.2. The lowest BCUT2D eigenvalue weighted by Gasteiger charge is -2.27. The number of benzene rings is 1. The van der Waals surface area contributed by atoms with Gasteiger partial charge in [-0.1, -0.05) is 35.8 Å². The van der Waals surface area contributed by atoms with Gasteiger partial charge in [0.2, 0.25) is 0 Å². The highest BCUT2D eigenvalue weighted by atomic mass is 79.9. The Hall–Kier alpha value is -0.710. The van der Waals surface area contributed by atoms with Gasteiger partial charge < -0.3 is 4.90 Å². The number of hydrogen-bond donors (Lipinski definition) is 0. The van der Waals surface area contributed by atoms with Crippen molar-refractivity contribution in [3.63, 3.8) is 0 Å². The monoisotopic (exact) mass is 363 g/mol. The van der Waals surface area contributed by atoms with Crippen LogP contribution in [-0.4, -0.2) is 12.6 Å². The number of rotatable bonds is 6. The van der Waals surface area contributed by atoms with Gasteiger partial charge in [0.15, 0.2) is 0 Å². The first-order valence-electron chi connectivity index (χ1n) is 7.35. The van der Waals surface area contributed by atoms with Crippen molar-refractivity contribution in [1.82, 2.24) is 0 Å². The van der Waals surface area contributed by atoms with Crippen molar-refractivity contribution in [1.29, 1.82) is 0 Å². The van der Waals surface area contributed by atoms with E-state index in [1.165, 1.54) is 6.07 Å². The fourth-order valence-electron chi connectivity index (χ4n) is 2.43. The molecule has 0 atom stereocenters. The average molecular weight is 364 g/mol. The first-order valence-corrected chi connectivity index (χ1v) is 8.47. The van der Waals surface area contributed by atoms with Crippen molar-refractivity contribution in [3.8, 4) is 0 Å². The molecule has 0 saturated heterocycles. The predicted octanol–water partition coefficient (Wildman–Crippen LogP) is 5.62. The van der Waals surface area contributed by atoms with Crippen molar-refractivity contribution in [2.24, 2.45) is 5.92 Å². The number of alkyl halides is 4. The highest BCUT2D eigenvalue weighted by molar-refractivity contribution is 9.08. The first-order chi connectivity index (χ1) is 9.82. The Morgan fingerprint density at radius 3 is 2.43 bits per heavy atom. The molecule has 0 bridgehead atoms. The summed E-state index contributed by atoms with van der Waals surface area (Å²) in [6.07, 6.45) is -1.14. The van der Waals surface area contributed by atoms with Crippen molar-refractivity contribution < 1.29 is 13.2 Å². The lowest BCUT2D eigenvalue weighted by molar-refractivity contribution is -0.138. The molecule has 0 radical (unpaired) electrons. The minimum atomic E-state index is -4.30. The molecule has 1 saturated carbocycles. The third-order valence-electron chi connectivity index (χ3n) is 3.81. The van der Waals surface area contributed by atoms with E-state index in [0.717, 1.165) is 25.8 Å². The van der Waals surface area contributed by atoms with E-state index >= 15 is 0 Å². The van der Waals surface area contributed by atoms with Crippen LogP contribution in [0.3, 0.4) is 0 Å². The smallest absolute Gasteiger partial charge is 0.369 e. The Morgan fingerprint density at radius 2 is 1.95 bits per heavy atom. The van der Waals surface area contributed by atoms with Gasteiger partial charge in [0.1, 0.15) is 0 Å². The second kappa shape index (κ2) is 6.59. The molecule has 1 fully saturated rings. The minimum absolute atomic E-state index is 0.220. The van der Waals surface area contributed by atoms with Gasteiger partial charge in [-0.2, -0.15) is 13.2 Å². The van der Waals surface area contributed by atoms with Crippen LogP contribution in [0.25, 0.3) is 0 Å². The lowest BCUT2D eigenvalue weighted by atomic mass is 10.1. The zero-order valence-corrected chi connectivity index (χ0v) is 14.0. The highest BCUT2D eigenvalue weighted by Crippen LogP contribution is 2.38. The molecule has 1 aliphatic carbocycles. The van der Waals surface area contributed by atoms with Gasteiger partial charge >= 0.3 is 6.18 Å². The Morgan fingerprint density at radius 1 is 1.29 bits per heavy atom. The molecular formula is C16H21BrF3N. The van der Waals surface area contributed by atoms with Crippen LogP contribution < -0.4 is 4.90 Å². The second-order valence-electron chi connectivity index (χ2n) is 6.08. The maximum Gasteiger partial charge on any atom is 0.416 e. The molecule has 0 N–H and O–H groups in total. The van der Waals surface area contributed by atoms with E-state index in [4.69, 9.17) is 0 Å². The Balaban J connectivity index is 2.28. The van der Waals surface area contributed by atoms with E-state index in [9.17, 15) is 13.2 Å². The average Bonchev–Trinajstić information content (AvgIpc) is 3.22. The molecule has 0 unspecified atom stereocenters. The quantitative estimate of drug-likeness (QED) is 0.593. The third kappa shape index (κ3) is 4.38. The summed E-state index contributed by atoms with van der Waals surface area (Å²) in [7, 11) is 0. The molecule has 1 aromatic rings. The fourth-order valence-corrected chi connectivity index (χ4v) is 2.92. The lowest BCUT2D eigenvalue weighted by Crippen LogP contribution is -2.28. The largest absolute Gasteiger partial charge is 0.416 e. The van der Waals surface area contributed by atoms with E-state index in [0.29, 0.717) is 23.2 Å². The van der Waals surface area contributed by atoms with Crippen molar-refractivity contribution in [2.45, 2.75) is 50.7 Å². The highest BCUT2D eigenvalue weighted by Gasteiger charge is 2.35. The summed E-state index contributed by atoms with van der Waals surface area (Å²) in [5, 5.41) is 0.220. The zero-order valence-electron chi connectivity index (χ0n) is 12.4. The van der Waals surface area contributed by atoms with Crippen molar-refractivity contribution in [2.75, 3.05) is 11.4 Å². The molecular weight excluding hydrogens is 343 g/mol. The van der Waals surface area contributed by atoms with E-state index in [-0.39, 0.29) is 5.33 Å². The minimum Gasteiger partial charge on any atom is -0.369 e. The third-order valence-corrected chi connectivity index (χ3v) is 4.41. The van der Waals surface area contributed by atoms with Gasteiger partial charge in [-0.25, -0.2) is 0 Å². The second-order valence-corrected chi connectivity index (χ2v) is 6.64. The zero-order chi connectivity index (χ0) is 15.6. The van der Waals surface area contributed by atoms with Crippen LogP contribution in [-0.2, 0) is 11.5 Å². The van der Waals surface area contributed by atoms with Gasteiger partial charge in [0.05, 0.1) is 5.56 Å². The molecule has 118 valence electrons. The topological polar surface area (TPSA) is 3.24 Å². The maximum absolute atomic E-state index is 13.2. The van der Waals surface area contributed by atoms with Crippen molar-refractivity contribution >= 4 is 21.6 Å². The molecule has 2 rings (SSSR count). The molecule has 1 aromatic carbocycles. The number of hydrogen-bond acceptors (Lipinski definition) is 1. The van der Waals surface area contributed by atoms with Gasteiger partial charge in [-0.05, 0) is 42.9 Å². The molecule has 1 aliphatic rings. The van der Waals surface area contributed by atoms with E-state index < -0.39 is 11.7 Å². The van der Waals surface area contributed by atoms with Crippen LogP contribution in [0.15, 0.2) is 18.2 Å². The Kier molecular flexibility index (Phi) is 5.23. The molecule has 5 heteroatoms. The number of anilines is 1. The molecule has 0 aromatic heterocycles. The van der Waals surface area contributed by atoms with E-state index in [2.05, 4.69) is 34.7 Å². The van der Waals surface area contributed by atoms with Crippen LogP contribution in [0.4, 0.5) is 18.9 Å². The van der Waals surface area contributed by atoms with E-state index in [1.807, 2.05) is 6.07 Å². The summed E-state index contributed by atoms with van der Waals surface area (Å²) in [4.78, 5) is 2.15. The summed E-state index contributed by atoms with van der Waals surface area (Å²) in [6.45, 7) is 5.10. The van der Waals surface area contributed by atoms with Gasteiger partial charge in [0, 0.05) is 23.6 Å². The molecule has 1 nitrogen and oxygen atoms in total. The summed E-state index contributed by atoms with van der Waals surface area (Å²) < 4.78 is 39.5. The fraction of sp³-hybridized carbons (Fsp3) is 0.625. The molecule has 0 aliphatic heterocycles. The SMILES string of the molecule is CC(C)CCN(c1ccc(CBr)c(C(F)(F)F)c1)C1CC1. The Labute approximate surface area is 132 Å². The number of halogens is 4. The molecule has 21 heavy (non-hydrogen) atoms. The van der Waals surface area contributed by atoms with E-state index in [1.54, 1.807) is 6.07 Å². The molecule has 0 amide bonds. The van der Waals surface area contributed by atoms with Crippen LogP contribution >= 0.6 is 15.9 Å².